The molecule has 2 aromatic carbocycles. The van der Waals surface area contributed by atoms with Gasteiger partial charge in [0.15, 0.2) is 11.6 Å². The van der Waals surface area contributed by atoms with Crippen LogP contribution in [0.3, 0.4) is 0 Å². The Morgan fingerprint density at radius 3 is 2.45 bits per heavy atom. The zero-order chi connectivity index (χ0) is 14.3. The van der Waals surface area contributed by atoms with Crippen LogP contribution in [0, 0.1) is 17.5 Å². The van der Waals surface area contributed by atoms with Gasteiger partial charge in [0.2, 0.25) is 0 Å². The van der Waals surface area contributed by atoms with Crippen molar-refractivity contribution in [1.82, 2.24) is 4.98 Å². The molecule has 1 unspecified atom stereocenters. The van der Waals surface area contributed by atoms with E-state index in [9.17, 15) is 18.3 Å². The number of aromatic nitrogens is 1. The van der Waals surface area contributed by atoms with E-state index in [4.69, 9.17) is 0 Å². The molecule has 0 bridgehead atoms. The van der Waals surface area contributed by atoms with E-state index in [1.165, 1.54) is 0 Å². The van der Waals surface area contributed by atoms with E-state index in [0.29, 0.717) is 23.1 Å². The molecule has 0 aliphatic rings. The number of aliphatic hydroxyl groups excluding tert-OH is 1. The van der Waals surface area contributed by atoms with Gasteiger partial charge in [-0.15, -0.1) is 0 Å². The first kappa shape index (κ1) is 12.7. The summed E-state index contributed by atoms with van der Waals surface area (Å²) in [5.74, 6) is -3.45. The number of hydrogen-bond donors (Lipinski definition) is 2. The fourth-order valence-corrected chi connectivity index (χ4v) is 2.26. The van der Waals surface area contributed by atoms with Gasteiger partial charge in [-0.3, -0.25) is 0 Å². The molecular formula is C15H10F3NO. The highest BCUT2D eigenvalue weighted by Crippen LogP contribution is 2.30. The van der Waals surface area contributed by atoms with Gasteiger partial charge < -0.3 is 10.1 Å². The predicted octanol–water partition coefficient (Wildman–Crippen LogP) is 3.67. The standard InChI is InChI=1S/C15H10F3NO/c16-11-7-13(18)12(17)6-10(11)15(20)9-2-1-3-14-8(9)4-5-19-14/h1-7,15,19-20H. The van der Waals surface area contributed by atoms with Gasteiger partial charge in [-0.1, -0.05) is 12.1 Å². The van der Waals surface area contributed by atoms with Gasteiger partial charge in [0.1, 0.15) is 11.9 Å². The maximum Gasteiger partial charge on any atom is 0.161 e. The van der Waals surface area contributed by atoms with Crippen LogP contribution in [0.15, 0.2) is 42.6 Å². The summed E-state index contributed by atoms with van der Waals surface area (Å²) in [6, 6.07) is 7.95. The van der Waals surface area contributed by atoms with E-state index in [-0.39, 0.29) is 5.56 Å². The van der Waals surface area contributed by atoms with Crippen LogP contribution in [-0.2, 0) is 0 Å². The average molecular weight is 277 g/mol. The van der Waals surface area contributed by atoms with Crippen molar-refractivity contribution in [2.75, 3.05) is 0 Å². The molecule has 0 aliphatic heterocycles. The molecule has 0 fully saturated rings. The highest BCUT2D eigenvalue weighted by Gasteiger charge is 2.20. The average Bonchev–Trinajstić information content (AvgIpc) is 2.90. The van der Waals surface area contributed by atoms with Crippen molar-refractivity contribution in [1.29, 1.82) is 0 Å². The van der Waals surface area contributed by atoms with Crippen molar-refractivity contribution in [3.05, 3.63) is 71.2 Å². The highest BCUT2D eigenvalue weighted by molar-refractivity contribution is 5.83. The summed E-state index contributed by atoms with van der Waals surface area (Å²) >= 11 is 0. The maximum absolute atomic E-state index is 13.7. The fourth-order valence-electron chi connectivity index (χ4n) is 2.26. The first-order chi connectivity index (χ1) is 9.58. The molecule has 2 nitrogen and oxygen atoms in total. The molecular weight excluding hydrogens is 267 g/mol. The molecule has 1 atom stereocenters. The topological polar surface area (TPSA) is 36.0 Å². The van der Waals surface area contributed by atoms with Crippen LogP contribution in [0.25, 0.3) is 10.9 Å². The molecule has 20 heavy (non-hydrogen) atoms. The van der Waals surface area contributed by atoms with Crippen molar-refractivity contribution < 1.29 is 18.3 Å². The molecule has 0 radical (unpaired) electrons. The lowest BCUT2D eigenvalue weighted by Gasteiger charge is -2.14. The van der Waals surface area contributed by atoms with Crippen molar-refractivity contribution >= 4 is 10.9 Å². The number of aliphatic hydroxyl groups is 1. The summed E-state index contributed by atoms with van der Waals surface area (Å²) in [6.45, 7) is 0. The number of H-pyrrole nitrogens is 1. The third-order valence-electron chi connectivity index (χ3n) is 3.26. The van der Waals surface area contributed by atoms with Crippen LogP contribution >= 0.6 is 0 Å². The first-order valence-corrected chi connectivity index (χ1v) is 5.96. The maximum atomic E-state index is 13.7. The zero-order valence-electron chi connectivity index (χ0n) is 10.2. The summed E-state index contributed by atoms with van der Waals surface area (Å²) in [6.07, 6.45) is 0.312. The largest absolute Gasteiger partial charge is 0.384 e. The molecule has 5 heteroatoms. The lowest BCUT2D eigenvalue weighted by Crippen LogP contribution is -2.05. The molecule has 0 amide bonds. The Balaban J connectivity index is 2.15. The van der Waals surface area contributed by atoms with Crippen LogP contribution in [0.5, 0.6) is 0 Å². The minimum Gasteiger partial charge on any atom is -0.384 e. The Morgan fingerprint density at radius 1 is 0.900 bits per heavy atom. The summed E-state index contributed by atoms with van der Waals surface area (Å²) in [5, 5.41) is 11.0. The van der Waals surface area contributed by atoms with Gasteiger partial charge in [0, 0.05) is 28.7 Å². The summed E-state index contributed by atoms with van der Waals surface area (Å²) in [4.78, 5) is 2.96. The van der Waals surface area contributed by atoms with Gasteiger partial charge in [-0.05, 0) is 23.8 Å². The Kier molecular flexibility index (Phi) is 2.99. The summed E-state index contributed by atoms with van der Waals surface area (Å²) < 4.78 is 39.9. The van der Waals surface area contributed by atoms with Crippen molar-refractivity contribution in [3.63, 3.8) is 0 Å². The Hall–Kier alpha value is -2.27. The molecule has 102 valence electrons. The Labute approximate surface area is 112 Å². The smallest absolute Gasteiger partial charge is 0.161 e. The van der Waals surface area contributed by atoms with E-state index in [1.54, 1.807) is 30.5 Å². The van der Waals surface area contributed by atoms with E-state index in [1.807, 2.05) is 0 Å². The minimum atomic E-state index is -1.37. The SMILES string of the molecule is OC(c1cc(F)c(F)cc1F)c1cccc2[nH]ccc12. The third kappa shape index (κ3) is 1.96. The summed E-state index contributed by atoms with van der Waals surface area (Å²) in [7, 11) is 0. The van der Waals surface area contributed by atoms with Crippen LogP contribution < -0.4 is 0 Å². The van der Waals surface area contributed by atoms with Crippen molar-refractivity contribution in [2.24, 2.45) is 0 Å². The van der Waals surface area contributed by atoms with Crippen LogP contribution in [-0.4, -0.2) is 10.1 Å². The predicted molar refractivity (Wildman–Crippen MR) is 68.7 cm³/mol. The number of nitrogens with one attached hydrogen (secondary N) is 1. The molecule has 1 aromatic heterocycles. The molecule has 2 N–H and O–H groups in total. The number of rotatable bonds is 2. The second-order valence-electron chi connectivity index (χ2n) is 4.48. The van der Waals surface area contributed by atoms with E-state index < -0.39 is 23.6 Å². The molecule has 0 spiro atoms. The number of benzene rings is 2. The molecule has 1 heterocycles. The second-order valence-corrected chi connectivity index (χ2v) is 4.48. The van der Waals surface area contributed by atoms with Crippen LogP contribution in [0.2, 0.25) is 0 Å². The van der Waals surface area contributed by atoms with Gasteiger partial charge in [-0.25, -0.2) is 13.2 Å². The number of aromatic amines is 1. The minimum absolute atomic E-state index is 0.294. The monoisotopic (exact) mass is 277 g/mol. The number of hydrogen-bond acceptors (Lipinski definition) is 1. The van der Waals surface area contributed by atoms with E-state index in [0.717, 1.165) is 5.52 Å². The van der Waals surface area contributed by atoms with Crippen molar-refractivity contribution in [3.8, 4) is 0 Å². The van der Waals surface area contributed by atoms with Gasteiger partial charge in [-0.2, -0.15) is 0 Å². The van der Waals surface area contributed by atoms with Gasteiger partial charge >= 0.3 is 0 Å². The van der Waals surface area contributed by atoms with Gasteiger partial charge in [0.25, 0.3) is 0 Å². The normalized spacial score (nSPS) is 12.8. The van der Waals surface area contributed by atoms with E-state index >= 15 is 0 Å². The van der Waals surface area contributed by atoms with E-state index in [2.05, 4.69) is 4.98 Å². The third-order valence-corrected chi connectivity index (χ3v) is 3.26. The molecule has 0 saturated carbocycles. The first-order valence-electron chi connectivity index (χ1n) is 5.96. The molecule has 3 aromatic rings. The summed E-state index contributed by atoms with van der Waals surface area (Å²) in [5.41, 5.74) is 0.899. The van der Waals surface area contributed by atoms with Crippen LogP contribution in [0.1, 0.15) is 17.2 Å². The molecule has 3 rings (SSSR count). The Morgan fingerprint density at radius 2 is 1.65 bits per heavy atom. The fraction of sp³-hybridized carbons (Fsp3) is 0.0667. The zero-order valence-corrected chi connectivity index (χ0v) is 10.2. The van der Waals surface area contributed by atoms with Gasteiger partial charge in [0.05, 0.1) is 0 Å². The second kappa shape index (κ2) is 4.68. The molecule has 0 saturated heterocycles. The number of halogens is 3. The molecule has 0 aliphatic carbocycles. The van der Waals surface area contributed by atoms with Crippen molar-refractivity contribution in [2.45, 2.75) is 6.10 Å². The van der Waals surface area contributed by atoms with Crippen LogP contribution in [0.4, 0.5) is 13.2 Å². The number of fused-ring (bicyclic) bond motifs is 1. The Bertz CT molecular complexity index is 782. The quantitative estimate of drug-likeness (QED) is 0.689. The lowest BCUT2D eigenvalue weighted by molar-refractivity contribution is 0.215. The highest BCUT2D eigenvalue weighted by atomic mass is 19.2. The lowest BCUT2D eigenvalue weighted by atomic mass is 9.98.